The number of methoxy groups -OCH3 is 3. The summed E-state index contributed by atoms with van der Waals surface area (Å²) >= 11 is 0. The molecule has 21 heavy (non-hydrogen) atoms. The Kier molecular flexibility index (Phi) is 4.81. The average molecular weight is 289 g/mol. The number of nitrogens with one attached hydrogen (secondary N) is 1. The standard InChI is InChI=1S/C15H19N3O3/c1-5-16-15-13(17-6-7-18-15)10-8-11(19-2)14(21-4)12(9-10)20-3/h6-9H,5H2,1-4H3,(H,16,18). The smallest absolute Gasteiger partial charge is 0.203 e. The van der Waals surface area contributed by atoms with E-state index in [4.69, 9.17) is 14.2 Å². The SMILES string of the molecule is CCNc1nccnc1-c1cc(OC)c(OC)c(OC)c1. The molecule has 112 valence electrons. The van der Waals surface area contributed by atoms with Crippen LogP contribution in [0.3, 0.4) is 0 Å². The number of aromatic nitrogens is 2. The van der Waals surface area contributed by atoms with Gasteiger partial charge >= 0.3 is 0 Å². The zero-order chi connectivity index (χ0) is 15.2. The minimum atomic E-state index is 0.553. The molecule has 0 spiro atoms. The molecule has 1 heterocycles. The molecule has 2 rings (SSSR count). The molecule has 1 N–H and O–H groups in total. The molecule has 6 heteroatoms. The first-order valence-corrected chi connectivity index (χ1v) is 6.60. The predicted octanol–water partition coefficient (Wildman–Crippen LogP) is 2.60. The normalized spacial score (nSPS) is 10.1. The highest BCUT2D eigenvalue weighted by molar-refractivity contribution is 5.75. The lowest BCUT2D eigenvalue weighted by molar-refractivity contribution is 0.324. The van der Waals surface area contributed by atoms with Crippen LogP contribution in [0.4, 0.5) is 5.82 Å². The van der Waals surface area contributed by atoms with Gasteiger partial charge in [-0.1, -0.05) is 0 Å². The van der Waals surface area contributed by atoms with E-state index in [1.54, 1.807) is 33.7 Å². The largest absolute Gasteiger partial charge is 0.493 e. The Bertz CT molecular complexity index is 592. The molecule has 0 aliphatic carbocycles. The lowest BCUT2D eigenvalue weighted by atomic mass is 10.1. The third-order valence-electron chi connectivity index (χ3n) is 2.98. The molecular weight excluding hydrogens is 270 g/mol. The Hall–Kier alpha value is -2.50. The van der Waals surface area contributed by atoms with Gasteiger partial charge in [0.25, 0.3) is 0 Å². The maximum atomic E-state index is 5.37. The molecular formula is C15H19N3O3. The molecule has 0 fully saturated rings. The fraction of sp³-hybridized carbons (Fsp3) is 0.333. The third kappa shape index (κ3) is 2.99. The highest BCUT2D eigenvalue weighted by Crippen LogP contribution is 2.41. The molecule has 0 saturated carbocycles. The van der Waals surface area contributed by atoms with Gasteiger partial charge in [-0.2, -0.15) is 0 Å². The second-order valence-corrected chi connectivity index (χ2v) is 4.20. The summed E-state index contributed by atoms with van der Waals surface area (Å²) < 4.78 is 16.1. The van der Waals surface area contributed by atoms with Gasteiger partial charge in [-0.25, -0.2) is 4.98 Å². The Morgan fingerprint density at radius 2 is 1.57 bits per heavy atom. The van der Waals surface area contributed by atoms with E-state index < -0.39 is 0 Å². The van der Waals surface area contributed by atoms with E-state index in [2.05, 4.69) is 15.3 Å². The van der Waals surface area contributed by atoms with Crippen molar-refractivity contribution in [2.24, 2.45) is 0 Å². The van der Waals surface area contributed by atoms with Crippen molar-refractivity contribution >= 4 is 5.82 Å². The van der Waals surface area contributed by atoms with E-state index in [1.807, 2.05) is 19.1 Å². The second-order valence-electron chi connectivity index (χ2n) is 4.20. The Balaban J connectivity index is 2.59. The number of benzene rings is 1. The van der Waals surface area contributed by atoms with Crippen molar-refractivity contribution < 1.29 is 14.2 Å². The van der Waals surface area contributed by atoms with Gasteiger partial charge in [0.2, 0.25) is 5.75 Å². The Morgan fingerprint density at radius 1 is 0.952 bits per heavy atom. The average Bonchev–Trinajstić information content (AvgIpc) is 2.54. The highest BCUT2D eigenvalue weighted by Gasteiger charge is 2.16. The lowest BCUT2D eigenvalue weighted by Crippen LogP contribution is -2.03. The van der Waals surface area contributed by atoms with Gasteiger partial charge in [-0.3, -0.25) is 4.98 Å². The second kappa shape index (κ2) is 6.78. The van der Waals surface area contributed by atoms with Gasteiger partial charge in [0.1, 0.15) is 5.69 Å². The van der Waals surface area contributed by atoms with E-state index in [0.29, 0.717) is 23.1 Å². The monoisotopic (exact) mass is 289 g/mol. The van der Waals surface area contributed by atoms with E-state index in [-0.39, 0.29) is 0 Å². The van der Waals surface area contributed by atoms with Gasteiger partial charge in [0.15, 0.2) is 17.3 Å². The zero-order valence-corrected chi connectivity index (χ0v) is 12.6. The first-order valence-electron chi connectivity index (χ1n) is 6.60. The molecule has 0 aliphatic heterocycles. The van der Waals surface area contributed by atoms with Crippen LogP contribution in [-0.4, -0.2) is 37.8 Å². The van der Waals surface area contributed by atoms with E-state index in [0.717, 1.165) is 17.8 Å². The zero-order valence-electron chi connectivity index (χ0n) is 12.6. The molecule has 0 saturated heterocycles. The predicted molar refractivity (Wildman–Crippen MR) is 81.3 cm³/mol. The molecule has 2 aromatic rings. The number of nitrogens with zero attached hydrogens (tertiary/aromatic N) is 2. The number of hydrogen-bond acceptors (Lipinski definition) is 6. The molecule has 0 amide bonds. The molecule has 0 atom stereocenters. The van der Waals surface area contributed by atoms with Gasteiger partial charge < -0.3 is 19.5 Å². The van der Waals surface area contributed by atoms with E-state index >= 15 is 0 Å². The van der Waals surface area contributed by atoms with Crippen LogP contribution in [0.15, 0.2) is 24.5 Å². The number of anilines is 1. The Morgan fingerprint density at radius 3 is 2.10 bits per heavy atom. The highest BCUT2D eigenvalue weighted by atomic mass is 16.5. The van der Waals surface area contributed by atoms with Crippen molar-refractivity contribution in [3.05, 3.63) is 24.5 Å². The summed E-state index contributed by atoms with van der Waals surface area (Å²) in [5, 5.41) is 3.19. The first kappa shape index (κ1) is 14.9. The van der Waals surface area contributed by atoms with Crippen molar-refractivity contribution in [3.63, 3.8) is 0 Å². The molecule has 6 nitrogen and oxygen atoms in total. The summed E-state index contributed by atoms with van der Waals surface area (Å²) in [5.74, 6) is 2.44. The number of rotatable bonds is 6. The minimum absolute atomic E-state index is 0.553. The van der Waals surface area contributed by atoms with Crippen molar-refractivity contribution in [2.45, 2.75) is 6.92 Å². The fourth-order valence-electron chi connectivity index (χ4n) is 2.06. The molecule has 0 radical (unpaired) electrons. The summed E-state index contributed by atoms with van der Waals surface area (Å²) in [4.78, 5) is 8.71. The lowest BCUT2D eigenvalue weighted by Gasteiger charge is -2.15. The van der Waals surface area contributed by atoms with Gasteiger partial charge in [0, 0.05) is 24.5 Å². The van der Waals surface area contributed by atoms with Crippen molar-refractivity contribution in [2.75, 3.05) is 33.2 Å². The van der Waals surface area contributed by atoms with Crippen molar-refractivity contribution in [3.8, 4) is 28.5 Å². The van der Waals surface area contributed by atoms with Crippen molar-refractivity contribution in [1.82, 2.24) is 9.97 Å². The molecule has 0 aliphatic rings. The summed E-state index contributed by atoms with van der Waals surface area (Å²) in [5.41, 5.74) is 1.58. The topological polar surface area (TPSA) is 65.5 Å². The van der Waals surface area contributed by atoms with E-state index in [9.17, 15) is 0 Å². The summed E-state index contributed by atoms with van der Waals surface area (Å²) in [6, 6.07) is 3.71. The van der Waals surface area contributed by atoms with Crippen LogP contribution in [0.5, 0.6) is 17.2 Å². The summed E-state index contributed by atoms with van der Waals surface area (Å²) in [7, 11) is 4.75. The van der Waals surface area contributed by atoms with Crippen LogP contribution >= 0.6 is 0 Å². The molecule has 0 unspecified atom stereocenters. The van der Waals surface area contributed by atoms with Crippen LogP contribution in [-0.2, 0) is 0 Å². The van der Waals surface area contributed by atoms with Gasteiger partial charge in [0.05, 0.1) is 21.3 Å². The summed E-state index contributed by atoms with van der Waals surface area (Å²) in [6.07, 6.45) is 3.30. The molecule has 1 aromatic carbocycles. The minimum Gasteiger partial charge on any atom is -0.493 e. The fourth-order valence-corrected chi connectivity index (χ4v) is 2.06. The van der Waals surface area contributed by atoms with E-state index in [1.165, 1.54) is 0 Å². The number of hydrogen-bond donors (Lipinski definition) is 1. The first-order chi connectivity index (χ1) is 10.2. The maximum Gasteiger partial charge on any atom is 0.203 e. The van der Waals surface area contributed by atoms with Crippen LogP contribution in [0.2, 0.25) is 0 Å². The van der Waals surface area contributed by atoms with Crippen LogP contribution in [0, 0.1) is 0 Å². The van der Waals surface area contributed by atoms with Crippen LogP contribution in [0.1, 0.15) is 6.92 Å². The molecule has 1 aromatic heterocycles. The quantitative estimate of drug-likeness (QED) is 0.881. The van der Waals surface area contributed by atoms with Crippen molar-refractivity contribution in [1.29, 1.82) is 0 Å². The summed E-state index contributed by atoms with van der Waals surface area (Å²) in [6.45, 7) is 2.77. The van der Waals surface area contributed by atoms with Crippen LogP contribution < -0.4 is 19.5 Å². The molecule has 0 bridgehead atoms. The number of ether oxygens (including phenoxy) is 3. The van der Waals surface area contributed by atoms with Gasteiger partial charge in [-0.15, -0.1) is 0 Å². The van der Waals surface area contributed by atoms with Gasteiger partial charge in [-0.05, 0) is 19.1 Å². The van der Waals surface area contributed by atoms with Crippen LogP contribution in [0.25, 0.3) is 11.3 Å². The third-order valence-corrected chi connectivity index (χ3v) is 2.98. The Labute approximate surface area is 124 Å². The maximum absolute atomic E-state index is 5.37.